The summed E-state index contributed by atoms with van der Waals surface area (Å²) in [5, 5.41) is 2.97. The molecule has 158 valence electrons. The quantitative estimate of drug-likeness (QED) is 0.694. The van der Waals surface area contributed by atoms with Gasteiger partial charge in [0, 0.05) is 0 Å². The van der Waals surface area contributed by atoms with E-state index in [2.05, 4.69) is 5.32 Å². The van der Waals surface area contributed by atoms with Crippen molar-refractivity contribution in [1.82, 2.24) is 5.32 Å². The topological polar surface area (TPSA) is 66.5 Å². The van der Waals surface area contributed by atoms with Gasteiger partial charge < -0.3 is 5.32 Å². The Hall–Kier alpha value is -2.41. The molecule has 0 aliphatic rings. The van der Waals surface area contributed by atoms with Crippen LogP contribution in [-0.2, 0) is 14.8 Å². The maximum atomic E-state index is 14.4. The van der Waals surface area contributed by atoms with Crippen molar-refractivity contribution in [3.63, 3.8) is 0 Å². The summed E-state index contributed by atoms with van der Waals surface area (Å²) in [6, 6.07) is 10.3. The van der Waals surface area contributed by atoms with Crippen LogP contribution in [-0.4, -0.2) is 26.6 Å². The van der Waals surface area contributed by atoms with Gasteiger partial charge in [0.2, 0.25) is 15.9 Å². The van der Waals surface area contributed by atoms with Crippen LogP contribution in [0.25, 0.3) is 0 Å². The lowest BCUT2D eigenvalue weighted by atomic mass is 9.97. The summed E-state index contributed by atoms with van der Waals surface area (Å²) in [4.78, 5) is 13.1. The largest absolute Gasteiger partial charge is 0.347 e. The lowest BCUT2D eigenvalue weighted by molar-refractivity contribution is -0.123. The van der Waals surface area contributed by atoms with Crippen molar-refractivity contribution in [2.75, 3.05) is 10.6 Å². The maximum absolute atomic E-state index is 14.4. The van der Waals surface area contributed by atoms with Crippen LogP contribution in [0.1, 0.15) is 49.4 Å². The number of halogens is 1. The van der Waals surface area contributed by atoms with Crippen molar-refractivity contribution in [1.29, 1.82) is 0 Å². The predicted octanol–water partition coefficient (Wildman–Crippen LogP) is 4.25. The molecule has 7 heteroatoms. The SMILES string of the molecule is CC[C@@H](NC(=O)[C@H](CC)N(c1ccccc1F)S(C)(=O)=O)c1ccc(C)cc1C. The number of carbonyl (C=O) groups is 1. The van der Waals surface area contributed by atoms with Gasteiger partial charge in [-0.05, 0) is 49.9 Å². The van der Waals surface area contributed by atoms with Gasteiger partial charge in [0.1, 0.15) is 11.9 Å². The summed E-state index contributed by atoms with van der Waals surface area (Å²) < 4.78 is 40.2. The van der Waals surface area contributed by atoms with Crippen LogP contribution in [0.15, 0.2) is 42.5 Å². The molecule has 0 unspecified atom stereocenters. The van der Waals surface area contributed by atoms with E-state index in [9.17, 15) is 17.6 Å². The van der Waals surface area contributed by atoms with Gasteiger partial charge >= 0.3 is 0 Å². The minimum atomic E-state index is -3.89. The normalized spacial score (nSPS) is 13.6. The van der Waals surface area contributed by atoms with Crippen molar-refractivity contribution in [2.24, 2.45) is 0 Å². The van der Waals surface area contributed by atoms with Crippen LogP contribution in [0.2, 0.25) is 0 Å². The zero-order chi connectivity index (χ0) is 21.8. The Morgan fingerprint density at radius 3 is 2.28 bits per heavy atom. The Kier molecular flexibility index (Phi) is 7.41. The Balaban J connectivity index is 2.39. The zero-order valence-electron chi connectivity index (χ0n) is 17.6. The molecular weight excluding hydrogens is 391 g/mol. The highest BCUT2D eigenvalue weighted by Gasteiger charge is 2.34. The highest BCUT2D eigenvalue weighted by Crippen LogP contribution is 2.27. The van der Waals surface area contributed by atoms with E-state index in [1.165, 1.54) is 18.2 Å². The maximum Gasteiger partial charge on any atom is 0.244 e. The van der Waals surface area contributed by atoms with Crippen LogP contribution in [0.3, 0.4) is 0 Å². The van der Waals surface area contributed by atoms with Crippen molar-refractivity contribution in [2.45, 2.75) is 52.6 Å². The molecule has 0 radical (unpaired) electrons. The van der Waals surface area contributed by atoms with Gasteiger partial charge in [0.15, 0.2) is 0 Å². The lowest BCUT2D eigenvalue weighted by Crippen LogP contribution is -2.50. The average molecular weight is 421 g/mol. The van der Waals surface area contributed by atoms with Crippen LogP contribution in [0.4, 0.5) is 10.1 Å². The van der Waals surface area contributed by atoms with E-state index in [1.807, 2.05) is 39.0 Å². The Labute approximate surface area is 173 Å². The van der Waals surface area contributed by atoms with Gasteiger partial charge in [-0.15, -0.1) is 0 Å². The smallest absolute Gasteiger partial charge is 0.244 e. The predicted molar refractivity (Wildman–Crippen MR) is 115 cm³/mol. The van der Waals surface area contributed by atoms with Crippen LogP contribution in [0.5, 0.6) is 0 Å². The molecule has 0 heterocycles. The molecule has 5 nitrogen and oxygen atoms in total. The summed E-state index contributed by atoms with van der Waals surface area (Å²) in [6.45, 7) is 7.65. The first-order chi connectivity index (χ1) is 13.6. The number of sulfonamides is 1. The molecular formula is C22H29FN2O3S. The van der Waals surface area contributed by atoms with Crippen molar-refractivity contribution in [3.8, 4) is 0 Å². The number of hydrogen-bond acceptors (Lipinski definition) is 3. The number of carbonyl (C=O) groups excluding carboxylic acids is 1. The standard InChI is InChI=1S/C22H29FN2O3S/c1-6-19(17-13-12-15(3)14-16(17)4)24-22(26)20(7-2)25(29(5,27)28)21-11-9-8-10-18(21)23/h8-14,19-20H,6-7H2,1-5H3,(H,24,26)/t19-,20+/m1/s1. The first-order valence-electron chi connectivity index (χ1n) is 9.71. The summed E-state index contributed by atoms with van der Waals surface area (Å²) in [6.07, 6.45) is 1.83. The number of anilines is 1. The molecule has 0 aliphatic carbocycles. The van der Waals surface area contributed by atoms with Crippen molar-refractivity contribution in [3.05, 3.63) is 65.0 Å². The Morgan fingerprint density at radius 2 is 1.76 bits per heavy atom. The second kappa shape index (κ2) is 9.39. The van der Waals surface area contributed by atoms with E-state index in [-0.39, 0.29) is 18.2 Å². The van der Waals surface area contributed by atoms with E-state index in [0.717, 1.165) is 27.3 Å². The fourth-order valence-electron chi connectivity index (χ4n) is 3.55. The van der Waals surface area contributed by atoms with Crippen LogP contribution >= 0.6 is 0 Å². The molecule has 2 rings (SSSR count). The van der Waals surface area contributed by atoms with Gasteiger partial charge in [-0.1, -0.05) is 49.7 Å². The van der Waals surface area contributed by atoms with E-state index in [0.29, 0.717) is 6.42 Å². The fourth-order valence-corrected chi connectivity index (χ4v) is 4.76. The number of nitrogens with one attached hydrogen (secondary N) is 1. The first kappa shape index (κ1) is 22.9. The number of nitrogens with zero attached hydrogens (tertiary/aromatic N) is 1. The summed E-state index contributed by atoms with van der Waals surface area (Å²) in [5.41, 5.74) is 3.04. The van der Waals surface area contributed by atoms with Gasteiger partial charge in [-0.3, -0.25) is 9.10 Å². The van der Waals surface area contributed by atoms with Gasteiger partial charge in [0.25, 0.3) is 0 Å². The van der Waals surface area contributed by atoms with Crippen molar-refractivity contribution < 1.29 is 17.6 Å². The summed E-state index contributed by atoms with van der Waals surface area (Å²) in [7, 11) is -3.89. The average Bonchev–Trinajstić information content (AvgIpc) is 2.64. The number of amides is 1. The molecule has 0 saturated heterocycles. The minimum Gasteiger partial charge on any atom is -0.347 e. The van der Waals surface area contributed by atoms with Gasteiger partial charge in [-0.25, -0.2) is 12.8 Å². The second-order valence-corrected chi connectivity index (χ2v) is 9.12. The Bertz CT molecular complexity index is 976. The number of para-hydroxylation sites is 1. The Morgan fingerprint density at radius 1 is 1.10 bits per heavy atom. The highest BCUT2D eigenvalue weighted by atomic mass is 32.2. The fraction of sp³-hybridized carbons (Fsp3) is 0.409. The molecule has 0 aromatic heterocycles. The first-order valence-corrected chi connectivity index (χ1v) is 11.6. The third-order valence-corrected chi connectivity index (χ3v) is 6.11. The van der Waals surface area contributed by atoms with Crippen molar-refractivity contribution >= 4 is 21.6 Å². The lowest BCUT2D eigenvalue weighted by Gasteiger charge is -2.32. The summed E-state index contributed by atoms with van der Waals surface area (Å²) >= 11 is 0. The van der Waals surface area contributed by atoms with E-state index in [4.69, 9.17) is 0 Å². The molecule has 2 aromatic rings. The molecule has 0 aliphatic heterocycles. The van der Waals surface area contributed by atoms with Crippen LogP contribution < -0.4 is 9.62 Å². The molecule has 0 bridgehead atoms. The third kappa shape index (κ3) is 5.35. The third-order valence-electron chi connectivity index (χ3n) is 4.95. The number of hydrogen-bond donors (Lipinski definition) is 1. The van der Waals surface area contributed by atoms with E-state index < -0.39 is 27.8 Å². The van der Waals surface area contributed by atoms with E-state index >= 15 is 0 Å². The molecule has 0 saturated carbocycles. The second-order valence-electron chi connectivity index (χ2n) is 7.26. The molecule has 0 fully saturated rings. The number of rotatable bonds is 8. The molecule has 2 atom stereocenters. The monoisotopic (exact) mass is 420 g/mol. The van der Waals surface area contributed by atoms with Gasteiger partial charge in [0.05, 0.1) is 18.0 Å². The number of aryl methyl sites for hydroxylation is 2. The van der Waals surface area contributed by atoms with Gasteiger partial charge in [-0.2, -0.15) is 0 Å². The molecule has 2 aromatic carbocycles. The van der Waals surface area contributed by atoms with Crippen LogP contribution in [0, 0.1) is 19.7 Å². The highest BCUT2D eigenvalue weighted by molar-refractivity contribution is 7.92. The molecule has 29 heavy (non-hydrogen) atoms. The molecule has 0 spiro atoms. The minimum absolute atomic E-state index is 0.128. The summed E-state index contributed by atoms with van der Waals surface area (Å²) in [5.74, 6) is -1.14. The molecule has 1 N–H and O–H groups in total. The number of benzene rings is 2. The molecule has 1 amide bonds. The zero-order valence-corrected chi connectivity index (χ0v) is 18.4. The van der Waals surface area contributed by atoms with E-state index in [1.54, 1.807) is 13.0 Å².